The number of rotatable bonds is 0. The molecule has 0 aromatic heterocycles. The van der Waals surface area contributed by atoms with Crippen molar-refractivity contribution in [2.24, 2.45) is 5.73 Å². The maximum atomic E-state index is 13.4. The Labute approximate surface area is 81.7 Å². The van der Waals surface area contributed by atoms with Crippen molar-refractivity contribution in [3.8, 4) is 0 Å². The van der Waals surface area contributed by atoms with E-state index in [1.54, 1.807) is 6.07 Å². The molecule has 0 fully saturated rings. The van der Waals surface area contributed by atoms with Gasteiger partial charge in [0.15, 0.2) is 0 Å². The molecule has 2 N–H and O–H groups in total. The first-order valence-corrected chi connectivity index (χ1v) is 4.79. The van der Waals surface area contributed by atoms with Gasteiger partial charge in [-0.25, -0.2) is 4.39 Å². The number of nitrogens with two attached hydrogens (primary N) is 1. The van der Waals surface area contributed by atoms with Gasteiger partial charge >= 0.3 is 0 Å². The predicted molar refractivity (Wildman–Crippen MR) is 51.3 cm³/mol. The Morgan fingerprint density at radius 2 is 2.23 bits per heavy atom. The second-order valence-electron chi connectivity index (χ2n) is 3.45. The maximum Gasteiger partial charge on any atom is 0.128 e. The first-order valence-electron chi connectivity index (χ1n) is 4.42. The monoisotopic (exact) mass is 199 g/mol. The molecule has 0 radical (unpaired) electrons. The average Bonchev–Trinajstić information content (AvgIpc) is 2.07. The molecule has 0 spiro atoms. The van der Waals surface area contributed by atoms with Crippen LogP contribution in [0.25, 0.3) is 0 Å². The molecule has 3 heteroatoms. The van der Waals surface area contributed by atoms with E-state index in [1.807, 2.05) is 0 Å². The fraction of sp³-hybridized carbons (Fsp3) is 0.400. The Bertz CT molecular complexity index is 338. The van der Waals surface area contributed by atoms with E-state index in [0.717, 1.165) is 30.4 Å². The molecule has 0 saturated carbocycles. The van der Waals surface area contributed by atoms with Crippen LogP contribution in [0.3, 0.4) is 0 Å². The maximum absolute atomic E-state index is 13.4. The zero-order valence-corrected chi connectivity index (χ0v) is 7.94. The highest BCUT2D eigenvalue weighted by atomic mass is 35.5. The minimum atomic E-state index is -0.211. The van der Waals surface area contributed by atoms with Gasteiger partial charge in [0.05, 0.1) is 0 Å². The van der Waals surface area contributed by atoms with E-state index >= 15 is 0 Å². The number of hydrogen-bond acceptors (Lipinski definition) is 1. The van der Waals surface area contributed by atoms with E-state index in [2.05, 4.69) is 0 Å². The Balaban J connectivity index is 2.56. The molecule has 1 aliphatic rings. The molecular weight excluding hydrogens is 189 g/mol. The lowest BCUT2D eigenvalue weighted by atomic mass is 9.88. The van der Waals surface area contributed by atoms with Crippen LogP contribution >= 0.6 is 11.6 Å². The Morgan fingerprint density at radius 3 is 3.00 bits per heavy atom. The molecule has 2 rings (SSSR count). The van der Waals surface area contributed by atoms with Gasteiger partial charge in [0.2, 0.25) is 0 Å². The van der Waals surface area contributed by atoms with Crippen LogP contribution in [0.15, 0.2) is 12.1 Å². The molecule has 0 aliphatic heterocycles. The number of fused-ring (bicyclic) bond motifs is 1. The van der Waals surface area contributed by atoms with Crippen LogP contribution in [-0.2, 0) is 6.42 Å². The summed E-state index contributed by atoms with van der Waals surface area (Å²) >= 11 is 5.75. The van der Waals surface area contributed by atoms with Gasteiger partial charge in [0, 0.05) is 11.1 Å². The van der Waals surface area contributed by atoms with E-state index in [1.165, 1.54) is 6.07 Å². The van der Waals surface area contributed by atoms with Crippen LogP contribution in [0, 0.1) is 5.82 Å². The summed E-state index contributed by atoms with van der Waals surface area (Å²) in [5.74, 6) is -0.211. The van der Waals surface area contributed by atoms with Crippen molar-refractivity contribution >= 4 is 11.6 Å². The molecule has 1 aliphatic carbocycles. The highest BCUT2D eigenvalue weighted by Crippen LogP contribution is 2.31. The fourth-order valence-electron chi connectivity index (χ4n) is 1.87. The van der Waals surface area contributed by atoms with Gasteiger partial charge in [-0.05, 0) is 42.5 Å². The van der Waals surface area contributed by atoms with Gasteiger partial charge in [-0.1, -0.05) is 11.6 Å². The summed E-state index contributed by atoms with van der Waals surface area (Å²) in [7, 11) is 0. The van der Waals surface area contributed by atoms with E-state index in [0.29, 0.717) is 5.02 Å². The number of hydrogen-bond donors (Lipinski definition) is 1. The molecule has 0 heterocycles. The molecule has 1 nitrogen and oxygen atoms in total. The third-order valence-electron chi connectivity index (χ3n) is 2.54. The predicted octanol–water partition coefficient (Wildman–Crippen LogP) is 2.82. The molecule has 1 aromatic rings. The van der Waals surface area contributed by atoms with Crippen LogP contribution in [0.1, 0.15) is 30.0 Å². The van der Waals surface area contributed by atoms with E-state index < -0.39 is 0 Å². The third-order valence-corrected chi connectivity index (χ3v) is 2.75. The van der Waals surface area contributed by atoms with Crippen molar-refractivity contribution in [3.63, 3.8) is 0 Å². The minimum absolute atomic E-state index is 0.0445. The highest BCUT2D eigenvalue weighted by molar-refractivity contribution is 6.30. The van der Waals surface area contributed by atoms with E-state index in [-0.39, 0.29) is 11.9 Å². The normalized spacial score (nSPS) is 21.3. The molecule has 0 unspecified atom stereocenters. The van der Waals surface area contributed by atoms with Crippen molar-refractivity contribution in [2.45, 2.75) is 25.3 Å². The van der Waals surface area contributed by atoms with Crippen LogP contribution in [0.2, 0.25) is 5.02 Å². The van der Waals surface area contributed by atoms with Crippen molar-refractivity contribution in [1.29, 1.82) is 0 Å². The van der Waals surface area contributed by atoms with Crippen LogP contribution < -0.4 is 5.73 Å². The average molecular weight is 200 g/mol. The first kappa shape index (κ1) is 8.97. The SMILES string of the molecule is N[C@H]1CCCc2c(F)cc(Cl)cc21. The zero-order valence-electron chi connectivity index (χ0n) is 7.19. The lowest BCUT2D eigenvalue weighted by Gasteiger charge is -2.22. The lowest BCUT2D eigenvalue weighted by molar-refractivity contribution is 0.531. The summed E-state index contributed by atoms with van der Waals surface area (Å²) in [5.41, 5.74) is 7.50. The van der Waals surface area contributed by atoms with Gasteiger partial charge in [0.1, 0.15) is 5.82 Å². The smallest absolute Gasteiger partial charge is 0.128 e. The van der Waals surface area contributed by atoms with Crippen LogP contribution in [0.5, 0.6) is 0 Å². The molecule has 0 amide bonds. The van der Waals surface area contributed by atoms with E-state index in [9.17, 15) is 4.39 Å². The number of benzene rings is 1. The van der Waals surface area contributed by atoms with Gasteiger partial charge < -0.3 is 5.73 Å². The van der Waals surface area contributed by atoms with Gasteiger partial charge in [-0.15, -0.1) is 0 Å². The largest absolute Gasteiger partial charge is 0.324 e. The molecule has 0 saturated heterocycles. The summed E-state index contributed by atoms with van der Waals surface area (Å²) in [4.78, 5) is 0. The van der Waals surface area contributed by atoms with Crippen molar-refractivity contribution in [2.75, 3.05) is 0 Å². The molecule has 0 bridgehead atoms. The fourth-order valence-corrected chi connectivity index (χ4v) is 2.09. The highest BCUT2D eigenvalue weighted by Gasteiger charge is 2.20. The Hall–Kier alpha value is -0.600. The van der Waals surface area contributed by atoms with Crippen molar-refractivity contribution in [1.82, 2.24) is 0 Å². The van der Waals surface area contributed by atoms with Gasteiger partial charge in [0.25, 0.3) is 0 Å². The minimum Gasteiger partial charge on any atom is -0.324 e. The summed E-state index contributed by atoms with van der Waals surface area (Å²) in [6.45, 7) is 0. The Kier molecular flexibility index (Phi) is 2.26. The topological polar surface area (TPSA) is 26.0 Å². The third kappa shape index (κ3) is 1.56. The Morgan fingerprint density at radius 1 is 1.46 bits per heavy atom. The van der Waals surface area contributed by atoms with Crippen molar-refractivity contribution in [3.05, 3.63) is 34.1 Å². The van der Waals surface area contributed by atoms with Gasteiger partial charge in [-0.3, -0.25) is 0 Å². The number of halogens is 2. The summed E-state index contributed by atoms with van der Waals surface area (Å²) in [6, 6.07) is 3.10. The second-order valence-corrected chi connectivity index (χ2v) is 3.89. The lowest BCUT2D eigenvalue weighted by Crippen LogP contribution is -2.18. The quantitative estimate of drug-likeness (QED) is 0.683. The second kappa shape index (κ2) is 3.28. The summed E-state index contributed by atoms with van der Waals surface area (Å²) in [6.07, 6.45) is 2.67. The first-order chi connectivity index (χ1) is 6.18. The van der Waals surface area contributed by atoms with E-state index in [4.69, 9.17) is 17.3 Å². The van der Waals surface area contributed by atoms with Gasteiger partial charge in [-0.2, -0.15) is 0 Å². The summed E-state index contributed by atoms with van der Waals surface area (Å²) in [5, 5.41) is 0.439. The molecule has 1 atom stereocenters. The molecular formula is C10H11ClFN. The standard InChI is InChI=1S/C10H11ClFN/c11-6-4-8-7(9(12)5-6)2-1-3-10(8)13/h4-5,10H,1-3,13H2/t10-/m0/s1. The van der Waals surface area contributed by atoms with Crippen LogP contribution in [-0.4, -0.2) is 0 Å². The zero-order chi connectivity index (χ0) is 9.42. The summed E-state index contributed by atoms with van der Waals surface area (Å²) < 4.78 is 13.4. The van der Waals surface area contributed by atoms with Crippen LogP contribution in [0.4, 0.5) is 4.39 Å². The molecule has 13 heavy (non-hydrogen) atoms. The van der Waals surface area contributed by atoms with Crippen molar-refractivity contribution < 1.29 is 4.39 Å². The molecule has 70 valence electrons. The molecule has 1 aromatic carbocycles.